The van der Waals surface area contributed by atoms with E-state index in [1.165, 1.54) is 10.5 Å². The Morgan fingerprint density at radius 2 is 1.85 bits per heavy atom. The molecule has 100 valence electrons. The lowest BCUT2D eigenvalue weighted by atomic mass is 10.2. The Morgan fingerprint density at radius 1 is 1.10 bits per heavy atom. The van der Waals surface area contributed by atoms with Crippen LogP contribution in [0.2, 0.25) is 0 Å². The van der Waals surface area contributed by atoms with Crippen LogP contribution >= 0.6 is 11.8 Å². The van der Waals surface area contributed by atoms with Gasteiger partial charge in [-0.1, -0.05) is 30.3 Å². The number of hydrogen-bond donors (Lipinski definition) is 1. The molecule has 0 fully saturated rings. The molecular formula is C16H14N2OS. The highest BCUT2D eigenvalue weighted by Crippen LogP contribution is 2.24. The molecule has 3 rings (SSSR count). The lowest BCUT2D eigenvalue weighted by Crippen LogP contribution is -2.11. The van der Waals surface area contributed by atoms with Gasteiger partial charge in [-0.05, 0) is 30.7 Å². The normalized spacial score (nSPS) is 10.8. The molecule has 0 atom stereocenters. The average Bonchev–Trinajstić information content (AvgIpc) is 2.46. The summed E-state index contributed by atoms with van der Waals surface area (Å²) in [5.74, 6) is 1.37. The minimum atomic E-state index is -0.0732. The smallest absolute Gasteiger partial charge is 0.258 e. The van der Waals surface area contributed by atoms with Crippen LogP contribution in [0.4, 0.5) is 0 Å². The highest BCUT2D eigenvalue weighted by Gasteiger charge is 2.04. The Balaban J connectivity index is 1.88. The van der Waals surface area contributed by atoms with Crippen molar-refractivity contribution >= 4 is 22.7 Å². The number of benzene rings is 2. The summed E-state index contributed by atoms with van der Waals surface area (Å²) in [6.45, 7) is 2.08. The van der Waals surface area contributed by atoms with Gasteiger partial charge in [0.1, 0.15) is 5.82 Å². The van der Waals surface area contributed by atoms with Crippen molar-refractivity contribution in [1.29, 1.82) is 0 Å². The highest BCUT2D eigenvalue weighted by atomic mass is 32.2. The maximum atomic E-state index is 12.0. The fourth-order valence-electron chi connectivity index (χ4n) is 2.07. The van der Waals surface area contributed by atoms with Gasteiger partial charge in [0.2, 0.25) is 0 Å². The van der Waals surface area contributed by atoms with Crippen LogP contribution in [-0.2, 0) is 5.75 Å². The first-order valence-corrected chi connectivity index (χ1v) is 7.39. The third kappa shape index (κ3) is 2.60. The molecule has 0 saturated carbocycles. The van der Waals surface area contributed by atoms with Gasteiger partial charge in [0.15, 0.2) is 0 Å². The Morgan fingerprint density at radius 3 is 2.70 bits per heavy atom. The first kappa shape index (κ1) is 12.9. The zero-order valence-corrected chi connectivity index (χ0v) is 11.9. The summed E-state index contributed by atoms with van der Waals surface area (Å²) in [5, 5.41) is 0.636. The van der Waals surface area contributed by atoms with Crippen molar-refractivity contribution in [2.75, 3.05) is 0 Å². The van der Waals surface area contributed by atoms with Crippen molar-refractivity contribution in [1.82, 2.24) is 9.97 Å². The predicted octanol–water partition coefficient (Wildman–Crippen LogP) is 3.52. The van der Waals surface area contributed by atoms with Crippen molar-refractivity contribution in [2.24, 2.45) is 0 Å². The SMILES string of the molecule is Cc1ccccc1SCc1nc2ccccc2c(=O)[nH]1. The number of H-pyrrole nitrogens is 1. The van der Waals surface area contributed by atoms with E-state index in [1.54, 1.807) is 17.8 Å². The molecule has 2 aromatic carbocycles. The van der Waals surface area contributed by atoms with E-state index in [4.69, 9.17) is 0 Å². The zero-order chi connectivity index (χ0) is 13.9. The Labute approximate surface area is 121 Å². The zero-order valence-electron chi connectivity index (χ0n) is 11.1. The molecule has 0 unspecified atom stereocenters. The second-order valence-electron chi connectivity index (χ2n) is 4.58. The third-order valence-corrected chi connectivity index (χ3v) is 4.31. The van der Waals surface area contributed by atoms with Crippen LogP contribution in [0.5, 0.6) is 0 Å². The Hall–Kier alpha value is -2.07. The van der Waals surface area contributed by atoms with Crippen LogP contribution in [0, 0.1) is 6.92 Å². The molecule has 0 aliphatic rings. The number of rotatable bonds is 3. The second-order valence-corrected chi connectivity index (χ2v) is 5.60. The second kappa shape index (κ2) is 5.51. The van der Waals surface area contributed by atoms with Crippen LogP contribution in [0.15, 0.2) is 58.2 Å². The lowest BCUT2D eigenvalue weighted by molar-refractivity contribution is 1.04. The van der Waals surface area contributed by atoms with Crippen molar-refractivity contribution in [3.63, 3.8) is 0 Å². The van der Waals surface area contributed by atoms with Crippen LogP contribution < -0.4 is 5.56 Å². The molecule has 1 N–H and O–H groups in total. The van der Waals surface area contributed by atoms with Gasteiger partial charge in [-0.3, -0.25) is 4.79 Å². The molecule has 3 nitrogen and oxygen atoms in total. The highest BCUT2D eigenvalue weighted by molar-refractivity contribution is 7.98. The molecule has 0 aliphatic carbocycles. The molecule has 0 amide bonds. The summed E-state index contributed by atoms with van der Waals surface area (Å²) in [5.41, 5.74) is 1.91. The molecule has 1 heterocycles. The number of nitrogens with one attached hydrogen (secondary N) is 1. The summed E-state index contributed by atoms with van der Waals surface area (Å²) < 4.78 is 0. The van der Waals surface area contributed by atoms with E-state index in [1.807, 2.05) is 30.3 Å². The molecule has 4 heteroatoms. The van der Waals surface area contributed by atoms with Gasteiger partial charge in [-0.15, -0.1) is 11.8 Å². The van der Waals surface area contributed by atoms with E-state index in [0.29, 0.717) is 17.0 Å². The van der Waals surface area contributed by atoms with E-state index < -0.39 is 0 Å². The fraction of sp³-hybridized carbons (Fsp3) is 0.125. The molecule has 0 bridgehead atoms. The predicted molar refractivity (Wildman–Crippen MR) is 83.1 cm³/mol. The first-order valence-electron chi connectivity index (χ1n) is 6.40. The van der Waals surface area contributed by atoms with E-state index in [-0.39, 0.29) is 5.56 Å². The maximum absolute atomic E-state index is 12.0. The number of aryl methyl sites for hydroxylation is 1. The number of aromatic amines is 1. The molecule has 0 aliphatic heterocycles. The molecule has 1 aromatic heterocycles. The minimum Gasteiger partial charge on any atom is -0.309 e. The van der Waals surface area contributed by atoms with Crippen LogP contribution in [-0.4, -0.2) is 9.97 Å². The van der Waals surface area contributed by atoms with Crippen LogP contribution in [0.1, 0.15) is 11.4 Å². The van der Waals surface area contributed by atoms with Crippen LogP contribution in [0.25, 0.3) is 10.9 Å². The quantitative estimate of drug-likeness (QED) is 0.748. The summed E-state index contributed by atoms with van der Waals surface area (Å²) >= 11 is 1.68. The monoisotopic (exact) mass is 282 g/mol. The van der Waals surface area contributed by atoms with Gasteiger partial charge < -0.3 is 4.98 Å². The van der Waals surface area contributed by atoms with Gasteiger partial charge in [-0.2, -0.15) is 0 Å². The van der Waals surface area contributed by atoms with Gasteiger partial charge in [0.25, 0.3) is 5.56 Å². The number of thioether (sulfide) groups is 1. The summed E-state index contributed by atoms with van der Waals surface area (Å²) in [6.07, 6.45) is 0. The van der Waals surface area contributed by atoms with Gasteiger partial charge >= 0.3 is 0 Å². The van der Waals surface area contributed by atoms with Gasteiger partial charge in [-0.25, -0.2) is 4.98 Å². The summed E-state index contributed by atoms with van der Waals surface area (Å²) in [6, 6.07) is 15.6. The number of nitrogens with zero attached hydrogens (tertiary/aromatic N) is 1. The van der Waals surface area contributed by atoms with E-state index >= 15 is 0 Å². The molecule has 0 saturated heterocycles. The average molecular weight is 282 g/mol. The fourth-order valence-corrected chi connectivity index (χ4v) is 2.97. The molecule has 0 spiro atoms. The molecule has 3 aromatic rings. The summed E-state index contributed by atoms with van der Waals surface area (Å²) in [7, 11) is 0. The molecular weight excluding hydrogens is 268 g/mol. The van der Waals surface area contributed by atoms with Crippen LogP contribution in [0.3, 0.4) is 0 Å². The van der Waals surface area contributed by atoms with Crippen molar-refractivity contribution in [3.8, 4) is 0 Å². The number of fused-ring (bicyclic) bond motifs is 1. The van der Waals surface area contributed by atoms with E-state index in [2.05, 4.69) is 29.0 Å². The van der Waals surface area contributed by atoms with Crippen molar-refractivity contribution in [2.45, 2.75) is 17.6 Å². The van der Waals surface area contributed by atoms with Gasteiger partial charge in [0.05, 0.1) is 16.7 Å². The molecule has 20 heavy (non-hydrogen) atoms. The summed E-state index contributed by atoms with van der Waals surface area (Å²) in [4.78, 5) is 20.5. The minimum absolute atomic E-state index is 0.0732. The number of hydrogen-bond acceptors (Lipinski definition) is 3. The van der Waals surface area contributed by atoms with Gasteiger partial charge in [0, 0.05) is 4.90 Å². The van der Waals surface area contributed by atoms with Crippen molar-refractivity contribution in [3.05, 3.63) is 70.3 Å². The van der Waals surface area contributed by atoms with E-state index in [0.717, 1.165) is 5.52 Å². The largest absolute Gasteiger partial charge is 0.309 e. The third-order valence-electron chi connectivity index (χ3n) is 3.12. The number of aromatic nitrogens is 2. The lowest BCUT2D eigenvalue weighted by Gasteiger charge is -2.05. The Kier molecular flexibility index (Phi) is 3.56. The number of para-hydroxylation sites is 1. The topological polar surface area (TPSA) is 45.8 Å². The van der Waals surface area contributed by atoms with Crippen molar-refractivity contribution < 1.29 is 0 Å². The molecule has 0 radical (unpaired) electrons. The Bertz CT molecular complexity index is 811. The first-order chi connectivity index (χ1) is 9.74. The maximum Gasteiger partial charge on any atom is 0.258 e. The standard InChI is InChI=1S/C16H14N2OS/c1-11-6-2-5-9-14(11)20-10-15-17-13-8-4-3-7-12(13)16(19)18-15/h2-9H,10H2,1H3,(H,17,18,19). The van der Waals surface area contributed by atoms with E-state index in [9.17, 15) is 4.79 Å².